The van der Waals surface area contributed by atoms with E-state index in [4.69, 9.17) is 0 Å². The minimum atomic E-state index is -1.04. The average molecular weight is 142 g/mol. The average Bonchev–Trinajstić information content (AvgIpc) is 1.88. The van der Waals surface area contributed by atoms with Gasteiger partial charge in [0.15, 0.2) is 6.30 Å². The van der Waals surface area contributed by atoms with Crippen molar-refractivity contribution in [3.63, 3.8) is 0 Å². The lowest BCUT2D eigenvalue weighted by atomic mass is 10.3. The van der Waals surface area contributed by atoms with E-state index in [0.29, 0.717) is 0 Å². The van der Waals surface area contributed by atoms with Gasteiger partial charge in [-0.3, -0.25) is 0 Å². The van der Waals surface area contributed by atoms with E-state index < -0.39 is 6.30 Å². The molecule has 2 nitrogen and oxygen atoms in total. The Labute approximate surface area is 60.0 Å². The topological polar surface area (TPSA) is 15.3 Å². The van der Waals surface area contributed by atoms with E-state index in [0.717, 1.165) is 5.70 Å². The summed E-state index contributed by atoms with van der Waals surface area (Å²) in [6.07, 6.45) is 3.93. The second-order valence-corrected chi connectivity index (χ2v) is 2.39. The Balaban J connectivity index is 2.66. The van der Waals surface area contributed by atoms with Gasteiger partial charge in [-0.15, -0.1) is 0 Å². The molecule has 1 N–H and O–H groups in total. The van der Waals surface area contributed by atoms with E-state index in [1.165, 1.54) is 6.08 Å². The van der Waals surface area contributed by atoms with Crippen LogP contribution in [0.3, 0.4) is 0 Å². The second-order valence-electron chi connectivity index (χ2n) is 2.39. The molecule has 0 aromatic rings. The van der Waals surface area contributed by atoms with Crippen molar-refractivity contribution >= 4 is 0 Å². The second kappa shape index (κ2) is 2.73. The molecular formula is C7H11FN2. The van der Waals surface area contributed by atoms with Crippen LogP contribution in [0.4, 0.5) is 4.39 Å². The molecule has 1 rings (SSSR count). The molecular weight excluding hydrogens is 131 g/mol. The summed E-state index contributed by atoms with van der Waals surface area (Å²) in [7, 11) is 3.77. The van der Waals surface area contributed by atoms with E-state index in [2.05, 4.69) is 5.32 Å². The van der Waals surface area contributed by atoms with Crippen LogP contribution in [0.1, 0.15) is 0 Å². The SMILES string of the molecule is CN(C)C1=CC(F)NC=C1. The van der Waals surface area contributed by atoms with E-state index in [9.17, 15) is 4.39 Å². The number of nitrogens with one attached hydrogen (secondary N) is 1. The summed E-state index contributed by atoms with van der Waals surface area (Å²) in [6, 6.07) is 0. The van der Waals surface area contributed by atoms with E-state index in [1.807, 2.05) is 25.1 Å². The number of hydrogen-bond donors (Lipinski definition) is 1. The third-order valence-corrected chi connectivity index (χ3v) is 1.34. The molecule has 1 atom stereocenters. The van der Waals surface area contributed by atoms with E-state index in [-0.39, 0.29) is 0 Å². The van der Waals surface area contributed by atoms with Crippen LogP contribution in [0.5, 0.6) is 0 Å². The Morgan fingerprint density at radius 3 is 2.70 bits per heavy atom. The minimum absolute atomic E-state index is 0.895. The lowest BCUT2D eigenvalue weighted by Gasteiger charge is -2.18. The first-order valence-corrected chi connectivity index (χ1v) is 3.16. The molecule has 1 heterocycles. The van der Waals surface area contributed by atoms with Crippen molar-refractivity contribution in [1.29, 1.82) is 0 Å². The molecule has 0 aromatic heterocycles. The van der Waals surface area contributed by atoms with Crippen LogP contribution in [0, 0.1) is 0 Å². The molecule has 1 unspecified atom stereocenters. The number of dihydropyridines is 1. The van der Waals surface area contributed by atoms with Gasteiger partial charge in [0.2, 0.25) is 0 Å². The molecule has 10 heavy (non-hydrogen) atoms. The first kappa shape index (κ1) is 7.12. The molecule has 0 amide bonds. The quantitative estimate of drug-likeness (QED) is 0.546. The van der Waals surface area contributed by atoms with Gasteiger partial charge in [0, 0.05) is 26.0 Å². The predicted octanol–water partition coefficient (Wildman–Crippen LogP) is 0.844. The fourth-order valence-corrected chi connectivity index (χ4v) is 0.777. The third-order valence-electron chi connectivity index (χ3n) is 1.34. The first-order valence-electron chi connectivity index (χ1n) is 3.16. The van der Waals surface area contributed by atoms with Gasteiger partial charge in [-0.05, 0) is 12.2 Å². The number of halogens is 1. The van der Waals surface area contributed by atoms with Gasteiger partial charge in [0.1, 0.15) is 0 Å². The van der Waals surface area contributed by atoms with Crippen LogP contribution in [0.25, 0.3) is 0 Å². The summed E-state index contributed by atoms with van der Waals surface area (Å²) in [5.41, 5.74) is 0.895. The van der Waals surface area contributed by atoms with Crippen LogP contribution in [0.15, 0.2) is 24.0 Å². The zero-order valence-electron chi connectivity index (χ0n) is 6.13. The first-order chi connectivity index (χ1) is 4.70. The molecule has 0 saturated heterocycles. The smallest absolute Gasteiger partial charge is 0.190 e. The summed E-state index contributed by atoms with van der Waals surface area (Å²) >= 11 is 0. The third kappa shape index (κ3) is 1.50. The van der Waals surface area contributed by atoms with Crippen molar-refractivity contribution in [3.8, 4) is 0 Å². The van der Waals surface area contributed by atoms with Gasteiger partial charge in [0.05, 0.1) is 0 Å². The Morgan fingerprint density at radius 2 is 2.30 bits per heavy atom. The summed E-state index contributed by atoms with van der Waals surface area (Å²) < 4.78 is 12.5. The predicted molar refractivity (Wildman–Crippen MR) is 38.9 cm³/mol. The minimum Gasteiger partial charge on any atom is -0.378 e. The van der Waals surface area contributed by atoms with Crippen molar-refractivity contribution in [2.45, 2.75) is 6.30 Å². The highest BCUT2D eigenvalue weighted by molar-refractivity contribution is 5.21. The highest BCUT2D eigenvalue weighted by atomic mass is 19.1. The van der Waals surface area contributed by atoms with Crippen molar-refractivity contribution < 1.29 is 4.39 Å². The molecule has 1 aliphatic rings. The molecule has 0 aliphatic carbocycles. The molecule has 0 spiro atoms. The fraction of sp³-hybridized carbons (Fsp3) is 0.429. The normalized spacial score (nSPS) is 23.5. The summed E-state index contributed by atoms with van der Waals surface area (Å²) in [5.74, 6) is 0. The molecule has 56 valence electrons. The molecule has 0 bridgehead atoms. The molecule has 0 aromatic carbocycles. The zero-order chi connectivity index (χ0) is 7.56. The Morgan fingerprint density at radius 1 is 1.60 bits per heavy atom. The maximum absolute atomic E-state index is 12.5. The summed E-state index contributed by atoms with van der Waals surface area (Å²) in [5, 5.41) is 2.52. The number of likely N-dealkylation sites (N-methyl/N-ethyl adjacent to an activating group) is 1. The van der Waals surface area contributed by atoms with Gasteiger partial charge in [-0.25, -0.2) is 4.39 Å². The highest BCUT2D eigenvalue weighted by Gasteiger charge is 2.05. The van der Waals surface area contributed by atoms with Crippen molar-refractivity contribution in [3.05, 3.63) is 24.0 Å². The number of nitrogens with zero attached hydrogens (tertiary/aromatic N) is 1. The van der Waals surface area contributed by atoms with Crippen LogP contribution < -0.4 is 5.32 Å². The lowest BCUT2D eigenvalue weighted by Crippen LogP contribution is -2.23. The molecule has 1 aliphatic heterocycles. The van der Waals surface area contributed by atoms with Crippen molar-refractivity contribution in [2.24, 2.45) is 0 Å². The Kier molecular flexibility index (Phi) is 1.94. The molecule has 0 fully saturated rings. The maximum Gasteiger partial charge on any atom is 0.190 e. The van der Waals surface area contributed by atoms with Gasteiger partial charge in [-0.1, -0.05) is 0 Å². The van der Waals surface area contributed by atoms with Crippen LogP contribution in [-0.2, 0) is 0 Å². The molecule has 3 heteroatoms. The lowest BCUT2D eigenvalue weighted by molar-refractivity contribution is 0.353. The summed E-state index contributed by atoms with van der Waals surface area (Å²) in [4.78, 5) is 1.86. The van der Waals surface area contributed by atoms with Crippen LogP contribution in [-0.4, -0.2) is 25.3 Å². The largest absolute Gasteiger partial charge is 0.378 e. The van der Waals surface area contributed by atoms with Gasteiger partial charge in [0.25, 0.3) is 0 Å². The van der Waals surface area contributed by atoms with E-state index >= 15 is 0 Å². The molecule has 0 radical (unpaired) electrons. The van der Waals surface area contributed by atoms with Crippen LogP contribution >= 0.6 is 0 Å². The summed E-state index contributed by atoms with van der Waals surface area (Å²) in [6.45, 7) is 0. The van der Waals surface area contributed by atoms with Crippen molar-refractivity contribution in [2.75, 3.05) is 14.1 Å². The van der Waals surface area contributed by atoms with E-state index in [1.54, 1.807) is 6.20 Å². The number of alkyl halides is 1. The monoisotopic (exact) mass is 142 g/mol. The van der Waals surface area contributed by atoms with Gasteiger partial charge >= 0.3 is 0 Å². The zero-order valence-corrected chi connectivity index (χ0v) is 6.13. The number of hydrogen-bond acceptors (Lipinski definition) is 2. The number of allylic oxidation sites excluding steroid dienone is 1. The highest BCUT2D eigenvalue weighted by Crippen LogP contribution is 2.07. The maximum atomic E-state index is 12.5. The number of rotatable bonds is 1. The van der Waals surface area contributed by atoms with Gasteiger partial charge in [-0.2, -0.15) is 0 Å². The Hall–Kier alpha value is -0.990. The standard InChI is InChI=1S/C7H11FN2/c1-10(2)6-3-4-9-7(8)5-6/h3-5,7,9H,1-2H3. The molecule has 0 saturated carbocycles. The van der Waals surface area contributed by atoms with Gasteiger partial charge < -0.3 is 10.2 Å². The van der Waals surface area contributed by atoms with Crippen LogP contribution in [0.2, 0.25) is 0 Å². The fourth-order valence-electron chi connectivity index (χ4n) is 0.777. The Bertz CT molecular complexity index is 172. The van der Waals surface area contributed by atoms with Crippen molar-refractivity contribution in [1.82, 2.24) is 10.2 Å².